The largest absolute Gasteiger partial charge is 0.327 e. The number of halogens is 2. The van der Waals surface area contributed by atoms with Crippen LogP contribution in [0.4, 0.5) is 4.39 Å². The van der Waals surface area contributed by atoms with Crippen LogP contribution in [0.15, 0.2) is 18.2 Å². The smallest absolute Gasteiger partial charge is 0.141 e. The summed E-state index contributed by atoms with van der Waals surface area (Å²) >= 11 is 5.69. The third kappa shape index (κ3) is 3.47. The van der Waals surface area contributed by atoms with E-state index < -0.39 is 0 Å². The number of hydrogen-bond acceptors (Lipinski definition) is 1. The Kier molecular flexibility index (Phi) is 4.55. The van der Waals surface area contributed by atoms with Crippen LogP contribution in [0, 0.1) is 11.7 Å². The van der Waals surface area contributed by atoms with Crippen molar-refractivity contribution in [2.45, 2.75) is 32.7 Å². The van der Waals surface area contributed by atoms with Crippen LogP contribution in [0.5, 0.6) is 0 Å². The van der Waals surface area contributed by atoms with Crippen LogP contribution >= 0.6 is 11.6 Å². The second-order valence-electron chi connectivity index (χ2n) is 4.00. The predicted octanol–water partition coefficient (Wildman–Crippen LogP) is 3.40. The Balaban J connectivity index is 2.68. The number of hydrogen-bond donors (Lipinski definition) is 1. The molecule has 84 valence electrons. The molecule has 0 aliphatic rings. The summed E-state index contributed by atoms with van der Waals surface area (Å²) in [5, 5.41) is 0.170. The highest BCUT2D eigenvalue weighted by atomic mass is 35.5. The Morgan fingerprint density at radius 3 is 2.67 bits per heavy atom. The molecule has 1 rings (SSSR count). The van der Waals surface area contributed by atoms with Gasteiger partial charge < -0.3 is 5.73 Å². The minimum absolute atomic E-state index is 0.108. The van der Waals surface area contributed by atoms with E-state index in [1.807, 2.05) is 0 Å². The Morgan fingerprint density at radius 2 is 2.13 bits per heavy atom. The maximum absolute atomic E-state index is 12.9. The van der Waals surface area contributed by atoms with Gasteiger partial charge >= 0.3 is 0 Å². The fourth-order valence-corrected chi connectivity index (χ4v) is 1.65. The molecule has 0 aliphatic heterocycles. The highest BCUT2D eigenvalue weighted by molar-refractivity contribution is 6.30. The van der Waals surface area contributed by atoms with E-state index >= 15 is 0 Å². The van der Waals surface area contributed by atoms with E-state index in [2.05, 4.69) is 13.8 Å². The Bertz CT molecular complexity index is 327. The molecule has 0 saturated carbocycles. The summed E-state index contributed by atoms with van der Waals surface area (Å²) in [5.41, 5.74) is 7.01. The van der Waals surface area contributed by atoms with Crippen molar-refractivity contribution in [1.82, 2.24) is 0 Å². The van der Waals surface area contributed by atoms with E-state index in [1.165, 1.54) is 6.07 Å². The summed E-state index contributed by atoms with van der Waals surface area (Å²) in [4.78, 5) is 0. The van der Waals surface area contributed by atoms with Crippen molar-refractivity contribution in [3.8, 4) is 0 Å². The standard InChI is InChI=1S/C12H17ClFN/c1-3-8(2)12(15)7-9-4-5-11(14)10(13)6-9/h4-6,8,12H,3,7,15H2,1-2H3. The van der Waals surface area contributed by atoms with Gasteiger partial charge in [0.05, 0.1) is 5.02 Å². The Hall–Kier alpha value is -0.600. The fourth-order valence-electron chi connectivity index (χ4n) is 1.44. The van der Waals surface area contributed by atoms with Gasteiger partial charge in [-0.1, -0.05) is 37.9 Å². The first-order valence-electron chi connectivity index (χ1n) is 5.24. The van der Waals surface area contributed by atoms with Crippen molar-refractivity contribution in [3.05, 3.63) is 34.6 Å². The van der Waals surface area contributed by atoms with Crippen LogP contribution < -0.4 is 5.73 Å². The van der Waals surface area contributed by atoms with E-state index in [0.29, 0.717) is 5.92 Å². The molecule has 0 heterocycles. The lowest BCUT2D eigenvalue weighted by Gasteiger charge is -2.18. The van der Waals surface area contributed by atoms with Gasteiger partial charge in [0, 0.05) is 6.04 Å². The average Bonchev–Trinajstić information content (AvgIpc) is 2.22. The van der Waals surface area contributed by atoms with Crippen molar-refractivity contribution in [3.63, 3.8) is 0 Å². The van der Waals surface area contributed by atoms with Gasteiger partial charge in [-0.05, 0) is 30.0 Å². The average molecular weight is 230 g/mol. The zero-order chi connectivity index (χ0) is 11.4. The normalized spacial score (nSPS) is 15.0. The molecule has 1 aromatic carbocycles. The number of nitrogens with two attached hydrogens (primary N) is 1. The fraction of sp³-hybridized carbons (Fsp3) is 0.500. The summed E-state index contributed by atoms with van der Waals surface area (Å²) in [5.74, 6) is 0.0892. The van der Waals surface area contributed by atoms with Gasteiger partial charge in [0.2, 0.25) is 0 Å². The summed E-state index contributed by atoms with van der Waals surface area (Å²) in [6.45, 7) is 4.23. The van der Waals surface area contributed by atoms with Gasteiger partial charge in [-0.25, -0.2) is 4.39 Å². The topological polar surface area (TPSA) is 26.0 Å². The molecule has 15 heavy (non-hydrogen) atoms. The molecular formula is C12H17ClFN. The summed E-state index contributed by atoms with van der Waals surface area (Å²) in [7, 11) is 0. The molecule has 2 atom stereocenters. The molecule has 0 saturated heterocycles. The summed E-state index contributed by atoms with van der Waals surface area (Å²) in [6.07, 6.45) is 1.80. The summed E-state index contributed by atoms with van der Waals surface area (Å²) < 4.78 is 12.9. The zero-order valence-electron chi connectivity index (χ0n) is 9.13. The van der Waals surface area contributed by atoms with Crippen molar-refractivity contribution in [1.29, 1.82) is 0 Å². The van der Waals surface area contributed by atoms with E-state index in [1.54, 1.807) is 12.1 Å². The van der Waals surface area contributed by atoms with Gasteiger partial charge in [0.15, 0.2) is 0 Å². The maximum Gasteiger partial charge on any atom is 0.141 e. The lowest BCUT2D eigenvalue weighted by molar-refractivity contribution is 0.440. The minimum Gasteiger partial charge on any atom is -0.327 e. The van der Waals surface area contributed by atoms with Crippen molar-refractivity contribution in [2.24, 2.45) is 11.7 Å². The van der Waals surface area contributed by atoms with Gasteiger partial charge in [-0.2, -0.15) is 0 Å². The van der Waals surface area contributed by atoms with Gasteiger partial charge in [0.1, 0.15) is 5.82 Å². The maximum atomic E-state index is 12.9. The van der Waals surface area contributed by atoms with E-state index in [9.17, 15) is 4.39 Å². The van der Waals surface area contributed by atoms with Gasteiger partial charge in [0.25, 0.3) is 0 Å². The van der Waals surface area contributed by atoms with E-state index in [4.69, 9.17) is 17.3 Å². The number of benzene rings is 1. The lowest BCUT2D eigenvalue weighted by atomic mass is 9.94. The molecule has 0 aliphatic carbocycles. The SMILES string of the molecule is CCC(C)C(N)Cc1ccc(F)c(Cl)c1. The molecule has 1 nitrogen and oxygen atoms in total. The van der Waals surface area contributed by atoms with Gasteiger partial charge in [-0.3, -0.25) is 0 Å². The Labute approximate surface area is 95.4 Å². The number of rotatable bonds is 4. The molecule has 2 N–H and O–H groups in total. The predicted molar refractivity (Wildman–Crippen MR) is 62.5 cm³/mol. The molecular weight excluding hydrogens is 213 g/mol. The monoisotopic (exact) mass is 229 g/mol. The minimum atomic E-state index is -0.377. The van der Waals surface area contributed by atoms with Gasteiger partial charge in [-0.15, -0.1) is 0 Å². The highest BCUT2D eigenvalue weighted by Gasteiger charge is 2.12. The van der Waals surface area contributed by atoms with Crippen LogP contribution in [-0.2, 0) is 6.42 Å². The lowest BCUT2D eigenvalue weighted by Crippen LogP contribution is -2.30. The first-order valence-corrected chi connectivity index (χ1v) is 5.62. The second kappa shape index (κ2) is 5.47. The Morgan fingerprint density at radius 1 is 1.47 bits per heavy atom. The van der Waals surface area contributed by atoms with E-state index in [-0.39, 0.29) is 16.9 Å². The van der Waals surface area contributed by atoms with Crippen LogP contribution in [0.2, 0.25) is 5.02 Å². The van der Waals surface area contributed by atoms with Crippen LogP contribution in [0.3, 0.4) is 0 Å². The first kappa shape index (κ1) is 12.5. The van der Waals surface area contributed by atoms with Crippen LogP contribution in [0.25, 0.3) is 0 Å². The molecule has 0 bridgehead atoms. The zero-order valence-corrected chi connectivity index (χ0v) is 9.89. The van der Waals surface area contributed by atoms with Crippen LogP contribution in [0.1, 0.15) is 25.8 Å². The molecule has 0 amide bonds. The highest BCUT2D eigenvalue weighted by Crippen LogP contribution is 2.18. The third-order valence-electron chi connectivity index (χ3n) is 2.83. The molecule has 1 aromatic rings. The molecule has 0 aromatic heterocycles. The van der Waals surface area contributed by atoms with Crippen molar-refractivity contribution >= 4 is 11.6 Å². The molecule has 0 spiro atoms. The first-order chi connectivity index (χ1) is 7.04. The summed E-state index contributed by atoms with van der Waals surface area (Å²) in [6, 6.07) is 4.89. The third-order valence-corrected chi connectivity index (χ3v) is 3.12. The molecule has 0 fully saturated rings. The van der Waals surface area contributed by atoms with Crippen LogP contribution in [-0.4, -0.2) is 6.04 Å². The molecule has 3 heteroatoms. The quantitative estimate of drug-likeness (QED) is 0.842. The second-order valence-corrected chi connectivity index (χ2v) is 4.41. The van der Waals surface area contributed by atoms with Crippen molar-refractivity contribution in [2.75, 3.05) is 0 Å². The van der Waals surface area contributed by atoms with Crippen molar-refractivity contribution < 1.29 is 4.39 Å². The molecule has 2 unspecified atom stereocenters. The van der Waals surface area contributed by atoms with E-state index in [0.717, 1.165) is 18.4 Å². The molecule has 0 radical (unpaired) electrons.